The van der Waals surface area contributed by atoms with E-state index in [9.17, 15) is 0 Å². The van der Waals surface area contributed by atoms with E-state index in [4.69, 9.17) is 0 Å². The number of nitrogens with zero attached hydrogens (tertiary/aromatic N) is 1. The first kappa shape index (κ1) is 15.2. The number of thiophene rings is 1. The Balaban J connectivity index is 2.48. The van der Waals surface area contributed by atoms with Gasteiger partial charge in [-0.05, 0) is 53.0 Å². The van der Waals surface area contributed by atoms with Gasteiger partial charge in [0.2, 0.25) is 0 Å². The normalized spacial score (nSPS) is 13.2. The highest BCUT2D eigenvalue weighted by Gasteiger charge is 2.13. The minimum atomic E-state index is 0.638. The Morgan fingerprint density at radius 3 is 2.76 bits per heavy atom. The van der Waals surface area contributed by atoms with Crippen LogP contribution in [0.2, 0.25) is 0 Å². The number of hydrogen-bond acceptors (Lipinski definition) is 3. The lowest BCUT2D eigenvalue weighted by Gasteiger charge is -2.27. The van der Waals surface area contributed by atoms with Gasteiger partial charge in [0, 0.05) is 19.1 Å². The highest BCUT2D eigenvalue weighted by molar-refractivity contribution is 9.11. The van der Waals surface area contributed by atoms with Gasteiger partial charge in [-0.3, -0.25) is 4.90 Å². The van der Waals surface area contributed by atoms with E-state index >= 15 is 0 Å². The monoisotopic (exact) mass is 318 g/mol. The molecule has 0 aliphatic carbocycles. The summed E-state index contributed by atoms with van der Waals surface area (Å²) in [7, 11) is 2.23. The van der Waals surface area contributed by atoms with Crippen LogP contribution in [-0.4, -0.2) is 31.1 Å². The molecule has 2 nitrogen and oxygen atoms in total. The van der Waals surface area contributed by atoms with E-state index in [0.29, 0.717) is 6.04 Å². The molecule has 1 aromatic heterocycles. The van der Waals surface area contributed by atoms with Gasteiger partial charge in [0.15, 0.2) is 0 Å². The number of halogens is 1. The van der Waals surface area contributed by atoms with Crippen LogP contribution in [0.4, 0.5) is 0 Å². The van der Waals surface area contributed by atoms with Crippen LogP contribution in [0.3, 0.4) is 0 Å². The average Bonchev–Trinajstić information content (AvgIpc) is 2.70. The average molecular weight is 319 g/mol. The third kappa shape index (κ3) is 5.51. The van der Waals surface area contributed by atoms with Crippen LogP contribution < -0.4 is 5.32 Å². The van der Waals surface area contributed by atoms with Crippen molar-refractivity contribution in [3.8, 4) is 0 Å². The zero-order chi connectivity index (χ0) is 12.7. The van der Waals surface area contributed by atoms with E-state index in [2.05, 4.69) is 58.5 Å². The van der Waals surface area contributed by atoms with Crippen LogP contribution in [0.5, 0.6) is 0 Å². The maximum Gasteiger partial charge on any atom is 0.0701 e. The second-order valence-electron chi connectivity index (χ2n) is 4.42. The fourth-order valence-electron chi connectivity index (χ4n) is 1.97. The maximum absolute atomic E-state index is 3.52. The molecule has 0 radical (unpaired) electrons. The molecule has 0 fully saturated rings. The molecule has 0 aliphatic rings. The highest BCUT2D eigenvalue weighted by Crippen LogP contribution is 2.22. The number of nitrogens with one attached hydrogen (secondary N) is 1. The van der Waals surface area contributed by atoms with Crippen molar-refractivity contribution in [2.75, 3.05) is 20.1 Å². The Bertz CT molecular complexity index is 314. The van der Waals surface area contributed by atoms with Crippen molar-refractivity contribution in [3.63, 3.8) is 0 Å². The standard InChI is InChI=1S/C13H23BrN2S/c1-4-6-12(8-15-5-2)16(3)9-11-7-13(14)17-10-11/h7,10,12,15H,4-6,8-9H2,1-3H3. The summed E-state index contributed by atoms with van der Waals surface area (Å²) < 4.78 is 1.22. The summed E-state index contributed by atoms with van der Waals surface area (Å²) in [4.78, 5) is 2.46. The van der Waals surface area contributed by atoms with E-state index in [1.54, 1.807) is 11.3 Å². The van der Waals surface area contributed by atoms with E-state index in [0.717, 1.165) is 19.6 Å². The van der Waals surface area contributed by atoms with Gasteiger partial charge in [0.1, 0.15) is 0 Å². The molecule has 0 spiro atoms. The van der Waals surface area contributed by atoms with Crippen molar-refractivity contribution in [3.05, 3.63) is 20.8 Å². The van der Waals surface area contributed by atoms with Crippen LogP contribution in [0.25, 0.3) is 0 Å². The summed E-state index contributed by atoms with van der Waals surface area (Å²) >= 11 is 5.28. The van der Waals surface area contributed by atoms with Gasteiger partial charge in [0.25, 0.3) is 0 Å². The molecule has 1 aromatic rings. The van der Waals surface area contributed by atoms with Crippen molar-refractivity contribution in [2.24, 2.45) is 0 Å². The molecule has 17 heavy (non-hydrogen) atoms. The zero-order valence-electron chi connectivity index (χ0n) is 11.0. The Kier molecular flexibility index (Phi) is 7.35. The van der Waals surface area contributed by atoms with Crippen LogP contribution in [-0.2, 0) is 6.54 Å². The SMILES string of the molecule is CCCC(CNCC)N(C)Cc1csc(Br)c1. The molecule has 0 saturated heterocycles. The molecule has 1 atom stereocenters. The fourth-order valence-corrected chi connectivity index (χ4v) is 3.17. The van der Waals surface area contributed by atoms with Gasteiger partial charge in [0.05, 0.1) is 3.79 Å². The summed E-state index contributed by atoms with van der Waals surface area (Å²) in [5, 5.41) is 5.69. The Labute approximate surface area is 118 Å². The first-order valence-electron chi connectivity index (χ1n) is 6.31. The van der Waals surface area contributed by atoms with Crippen molar-refractivity contribution in [2.45, 2.75) is 39.3 Å². The van der Waals surface area contributed by atoms with Gasteiger partial charge >= 0.3 is 0 Å². The number of likely N-dealkylation sites (N-methyl/N-ethyl adjacent to an activating group) is 2. The summed E-state index contributed by atoms with van der Waals surface area (Å²) in [5.74, 6) is 0. The second kappa shape index (κ2) is 8.25. The van der Waals surface area contributed by atoms with Crippen LogP contribution in [0.1, 0.15) is 32.3 Å². The van der Waals surface area contributed by atoms with Gasteiger partial charge in [-0.2, -0.15) is 0 Å². The van der Waals surface area contributed by atoms with Crippen molar-refractivity contribution in [1.82, 2.24) is 10.2 Å². The molecule has 0 aliphatic heterocycles. The zero-order valence-corrected chi connectivity index (χ0v) is 13.4. The van der Waals surface area contributed by atoms with Crippen LogP contribution in [0.15, 0.2) is 15.2 Å². The molecule has 4 heteroatoms. The van der Waals surface area contributed by atoms with E-state index in [1.165, 1.54) is 22.2 Å². The Hall–Kier alpha value is 0.100. The molecule has 98 valence electrons. The molecule has 1 heterocycles. The van der Waals surface area contributed by atoms with Crippen molar-refractivity contribution >= 4 is 27.3 Å². The van der Waals surface area contributed by atoms with Gasteiger partial charge < -0.3 is 5.32 Å². The predicted octanol–water partition coefficient (Wildman–Crippen LogP) is 3.72. The molecule has 0 bridgehead atoms. The number of rotatable bonds is 8. The quantitative estimate of drug-likeness (QED) is 0.785. The summed E-state index contributed by atoms with van der Waals surface area (Å²) in [6, 6.07) is 2.86. The lowest BCUT2D eigenvalue weighted by atomic mass is 10.1. The Morgan fingerprint density at radius 2 is 2.24 bits per heavy atom. The van der Waals surface area contributed by atoms with Crippen molar-refractivity contribution in [1.29, 1.82) is 0 Å². The van der Waals surface area contributed by atoms with Gasteiger partial charge in [-0.25, -0.2) is 0 Å². The molecule has 1 rings (SSSR count). The number of hydrogen-bond donors (Lipinski definition) is 1. The second-order valence-corrected chi connectivity index (χ2v) is 6.71. The molecule has 0 saturated carbocycles. The van der Waals surface area contributed by atoms with E-state index in [1.807, 2.05) is 0 Å². The topological polar surface area (TPSA) is 15.3 Å². The van der Waals surface area contributed by atoms with Gasteiger partial charge in [-0.15, -0.1) is 11.3 Å². The summed E-state index contributed by atoms with van der Waals surface area (Å²) in [5.41, 5.74) is 1.40. The third-order valence-corrected chi connectivity index (χ3v) is 4.48. The molecule has 1 unspecified atom stereocenters. The first-order valence-corrected chi connectivity index (χ1v) is 7.98. The van der Waals surface area contributed by atoms with E-state index in [-0.39, 0.29) is 0 Å². The summed E-state index contributed by atoms with van der Waals surface area (Å²) in [6.45, 7) is 7.61. The lowest BCUT2D eigenvalue weighted by molar-refractivity contribution is 0.216. The minimum Gasteiger partial charge on any atom is -0.315 e. The third-order valence-electron chi connectivity index (χ3n) is 2.93. The van der Waals surface area contributed by atoms with E-state index < -0.39 is 0 Å². The van der Waals surface area contributed by atoms with Crippen LogP contribution in [0, 0.1) is 0 Å². The highest BCUT2D eigenvalue weighted by atomic mass is 79.9. The molecule has 1 N–H and O–H groups in total. The maximum atomic E-state index is 3.52. The minimum absolute atomic E-state index is 0.638. The predicted molar refractivity (Wildman–Crippen MR) is 80.7 cm³/mol. The first-order chi connectivity index (χ1) is 8.17. The molecule has 0 amide bonds. The summed E-state index contributed by atoms with van der Waals surface area (Å²) in [6.07, 6.45) is 2.50. The lowest BCUT2D eigenvalue weighted by Crippen LogP contribution is -2.39. The molecular formula is C13H23BrN2S. The van der Waals surface area contributed by atoms with Crippen molar-refractivity contribution < 1.29 is 0 Å². The smallest absolute Gasteiger partial charge is 0.0701 e. The molecular weight excluding hydrogens is 296 g/mol. The Morgan fingerprint density at radius 1 is 1.47 bits per heavy atom. The largest absolute Gasteiger partial charge is 0.315 e. The fraction of sp³-hybridized carbons (Fsp3) is 0.692. The van der Waals surface area contributed by atoms with Crippen LogP contribution >= 0.6 is 27.3 Å². The van der Waals surface area contributed by atoms with Gasteiger partial charge in [-0.1, -0.05) is 20.3 Å². The molecule has 0 aromatic carbocycles.